The number of rotatable bonds is 3. The van der Waals surface area contributed by atoms with E-state index in [1.165, 1.54) is 6.20 Å². The SMILES string of the molecule is CN(C)CC1CC(O)CN1C(=O)c1ccnc(N)c1. The van der Waals surface area contributed by atoms with Crippen LogP contribution in [0.3, 0.4) is 0 Å². The average molecular weight is 264 g/mol. The van der Waals surface area contributed by atoms with Gasteiger partial charge in [-0.05, 0) is 32.6 Å². The summed E-state index contributed by atoms with van der Waals surface area (Å²) in [5.41, 5.74) is 6.12. The number of nitrogens with zero attached hydrogens (tertiary/aromatic N) is 3. The fraction of sp³-hybridized carbons (Fsp3) is 0.538. The van der Waals surface area contributed by atoms with Gasteiger partial charge in [-0.1, -0.05) is 0 Å². The predicted octanol–water partition coefficient (Wildman–Crippen LogP) is -0.199. The first kappa shape index (κ1) is 13.8. The molecule has 0 radical (unpaired) electrons. The molecule has 2 unspecified atom stereocenters. The minimum absolute atomic E-state index is 0.0342. The van der Waals surface area contributed by atoms with Crippen molar-refractivity contribution in [1.29, 1.82) is 0 Å². The lowest BCUT2D eigenvalue weighted by Crippen LogP contribution is -2.41. The smallest absolute Gasteiger partial charge is 0.254 e. The van der Waals surface area contributed by atoms with E-state index >= 15 is 0 Å². The third kappa shape index (κ3) is 3.21. The molecule has 0 saturated carbocycles. The summed E-state index contributed by atoms with van der Waals surface area (Å²) in [6, 6.07) is 3.25. The number of nitrogens with two attached hydrogens (primary N) is 1. The van der Waals surface area contributed by atoms with E-state index in [9.17, 15) is 9.90 Å². The van der Waals surface area contributed by atoms with E-state index in [1.807, 2.05) is 19.0 Å². The van der Waals surface area contributed by atoms with Crippen molar-refractivity contribution in [2.45, 2.75) is 18.6 Å². The maximum Gasteiger partial charge on any atom is 0.254 e. The lowest BCUT2D eigenvalue weighted by Gasteiger charge is -2.26. The van der Waals surface area contributed by atoms with E-state index in [0.717, 1.165) is 6.54 Å². The van der Waals surface area contributed by atoms with Crippen molar-refractivity contribution in [1.82, 2.24) is 14.8 Å². The average Bonchev–Trinajstić information content (AvgIpc) is 2.68. The van der Waals surface area contributed by atoms with Crippen molar-refractivity contribution in [3.63, 3.8) is 0 Å². The number of carbonyl (C=O) groups excluding carboxylic acids is 1. The summed E-state index contributed by atoms with van der Waals surface area (Å²) in [5, 5.41) is 9.78. The first-order chi connectivity index (χ1) is 8.97. The molecular formula is C13H20N4O2. The molecule has 1 fully saturated rings. The van der Waals surface area contributed by atoms with E-state index in [2.05, 4.69) is 4.98 Å². The van der Waals surface area contributed by atoms with E-state index in [-0.39, 0.29) is 11.9 Å². The van der Waals surface area contributed by atoms with Crippen molar-refractivity contribution in [3.8, 4) is 0 Å². The second kappa shape index (κ2) is 5.54. The van der Waals surface area contributed by atoms with Crippen LogP contribution in [0.4, 0.5) is 5.82 Å². The molecule has 6 heteroatoms. The number of likely N-dealkylation sites (tertiary alicyclic amines) is 1. The molecule has 2 heterocycles. The first-order valence-corrected chi connectivity index (χ1v) is 6.32. The minimum atomic E-state index is -0.451. The number of hydrogen-bond acceptors (Lipinski definition) is 5. The van der Waals surface area contributed by atoms with E-state index in [1.54, 1.807) is 17.0 Å². The van der Waals surface area contributed by atoms with Crippen LogP contribution in [0.1, 0.15) is 16.8 Å². The highest BCUT2D eigenvalue weighted by atomic mass is 16.3. The largest absolute Gasteiger partial charge is 0.391 e. The quantitative estimate of drug-likeness (QED) is 0.790. The zero-order chi connectivity index (χ0) is 14.0. The molecule has 6 nitrogen and oxygen atoms in total. The molecule has 1 aliphatic heterocycles. The molecule has 0 aromatic carbocycles. The van der Waals surface area contributed by atoms with Crippen molar-refractivity contribution in [2.75, 3.05) is 32.9 Å². The number of aliphatic hydroxyl groups is 1. The third-order valence-corrected chi connectivity index (χ3v) is 3.26. The van der Waals surface area contributed by atoms with Crippen LogP contribution in [0.5, 0.6) is 0 Å². The van der Waals surface area contributed by atoms with Gasteiger partial charge in [0.05, 0.1) is 6.10 Å². The van der Waals surface area contributed by atoms with Crippen molar-refractivity contribution in [2.24, 2.45) is 0 Å². The molecule has 104 valence electrons. The highest BCUT2D eigenvalue weighted by Crippen LogP contribution is 2.21. The zero-order valence-electron chi connectivity index (χ0n) is 11.3. The van der Waals surface area contributed by atoms with Gasteiger partial charge in [0.1, 0.15) is 5.82 Å². The van der Waals surface area contributed by atoms with Crippen LogP contribution in [-0.4, -0.2) is 65.1 Å². The van der Waals surface area contributed by atoms with Gasteiger partial charge in [-0.15, -0.1) is 0 Å². The molecule has 2 atom stereocenters. The first-order valence-electron chi connectivity index (χ1n) is 6.32. The van der Waals surface area contributed by atoms with E-state index in [4.69, 9.17) is 5.73 Å². The van der Waals surface area contributed by atoms with Gasteiger partial charge in [-0.3, -0.25) is 4.79 Å². The highest BCUT2D eigenvalue weighted by molar-refractivity contribution is 5.95. The standard InChI is InChI=1S/C13H20N4O2/c1-16(2)7-10-6-11(18)8-17(10)13(19)9-3-4-15-12(14)5-9/h3-5,10-11,18H,6-8H2,1-2H3,(H2,14,15). The van der Waals surface area contributed by atoms with E-state index in [0.29, 0.717) is 24.3 Å². The molecule has 0 spiro atoms. The number of aromatic nitrogens is 1. The number of β-amino-alcohol motifs (C(OH)–C–C–N with tert-alkyl or cyclic N) is 1. The van der Waals surface area contributed by atoms with Gasteiger partial charge >= 0.3 is 0 Å². The fourth-order valence-corrected chi connectivity index (χ4v) is 2.48. The van der Waals surface area contributed by atoms with Crippen LogP contribution >= 0.6 is 0 Å². The molecule has 1 aromatic heterocycles. The lowest BCUT2D eigenvalue weighted by molar-refractivity contribution is 0.0699. The molecule has 19 heavy (non-hydrogen) atoms. The maximum absolute atomic E-state index is 12.4. The van der Waals surface area contributed by atoms with Gasteiger partial charge in [-0.2, -0.15) is 0 Å². The molecule has 2 rings (SSSR count). The number of hydrogen-bond donors (Lipinski definition) is 2. The molecule has 1 aromatic rings. The number of carbonyl (C=O) groups is 1. The Kier molecular flexibility index (Phi) is 4.01. The monoisotopic (exact) mass is 264 g/mol. The van der Waals surface area contributed by atoms with Crippen LogP contribution in [-0.2, 0) is 0 Å². The second-order valence-electron chi connectivity index (χ2n) is 5.23. The third-order valence-electron chi connectivity index (χ3n) is 3.26. The van der Waals surface area contributed by atoms with E-state index < -0.39 is 6.10 Å². The summed E-state index contributed by atoms with van der Waals surface area (Å²) in [4.78, 5) is 20.1. The van der Waals surface area contributed by atoms with Crippen LogP contribution in [0.15, 0.2) is 18.3 Å². The molecule has 0 bridgehead atoms. The summed E-state index contributed by atoms with van der Waals surface area (Å²) in [6.45, 7) is 1.11. The minimum Gasteiger partial charge on any atom is -0.391 e. The van der Waals surface area contributed by atoms with Crippen molar-refractivity contribution < 1.29 is 9.90 Å². The van der Waals surface area contributed by atoms with Gasteiger partial charge < -0.3 is 20.6 Å². The normalized spacial score (nSPS) is 23.1. The highest BCUT2D eigenvalue weighted by Gasteiger charge is 2.34. The Labute approximate surface area is 112 Å². The van der Waals surface area contributed by atoms with Gasteiger partial charge in [0.2, 0.25) is 0 Å². The number of nitrogen functional groups attached to an aromatic ring is 1. The maximum atomic E-state index is 12.4. The lowest BCUT2D eigenvalue weighted by atomic mass is 10.1. The summed E-state index contributed by atoms with van der Waals surface area (Å²) >= 11 is 0. The van der Waals surface area contributed by atoms with Crippen LogP contribution in [0, 0.1) is 0 Å². The van der Waals surface area contributed by atoms with Gasteiger partial charge in [0.25, 0.3) is 5.91 Å². The van der Waals surface area contributed by atoms with Crippen LogP contribution in [0.25, 0.3) is 0 Å². The second-order valence-corrected chi connectivity index (χ2v) is 5.23. The number of aliphatic hydroxyl groups excluding tert-OH is 1. The van der Waals surface area contributed by atoms with Gasteiger partial charge in [0, 0.05) is 30.9 Å². The molecule has 1 amide bonds. The molecule has 3 N–H and O–H groups in total. The van der Waals surface area contributed by atoms with Gasteiger partial charge in [0.15, 0.2) is 0 Å². The fourth-order valence-electron chi connectivity index (χ4n) is 2.48. The molecule has 1 aliphatic rings. The Balaban J connectivity index is 2.17. The Morgan fingerprint density at radius 2 is 2.37 bits per heavy atom. The zero-order valence-corrected chi connectivity index (χ0v) is 11.3. The summed E-state index contributed by atoms with van der Waals surface area (Å²) < 4.78 is 0. The van der Waals surface area contributed by atoms with Crippen molar-refractivity contribution in [3.05, 3.63) is 23.9 Å². The Hall–Kier alpha value is -1.66. The summed E-state index contributed by atoms with van der Waals surface area (Å²) in [6.07, 6.45) is 1.69. The van der Waals surface area contributed by atoms with Crippen LogP contribution in [0.2, 0.25) is 0 Å². The number of likely N-dealkylation sites (N-methyl/N-ethyl adjacent to an activating group) is 1. The predicted molar refractivity (Wildman–Crippen MR) is 72.7 cm³/mol. The summed E-state index contributed by atoms with van der Waals surface area (Å²) in [7, 11) is 3.91. The Bertz CT molecular complexity index is 464. The molecule has 0 aliphatic carbocycles. The Morgan fingerprint density at radius 3 is 3.00 bits per heavy atom. The van der Waals surface area contributed by atoms with Crippen LogP contribution < -0.4 is 5.73 Å². The molecular weight excluding hydrogens is 244 g/mol. The van der Waals surface area contributed by atoms with Gasteiger partial charge in [-0.25, -0.2) is 4.98 Å². The summed E-state index contributed by atoms with van der Waals surface area (Å²) in [5.74, 6) is 0.229. The molecule has 1 saturated heterocycles. The number of pyridine rings is 1. The van der Waals surface area contributed by atoms with Crippen molar-refractivity contribution >= 4 is 11.7 Å². The Morgan fingerprint density at radius 1 is 1.63 bits per heavy atom. The topological polar surface area (TPSA) is 82.7 Å². The number of amides is 1. The number of anilines is 1.